The number of hydrogen-bond donors (Lipinski definition) is 1. The van der Waals surface area contributed by atoms with Crippen LogP contribution in [0.4, 0.5) is 18.9 Å². The van der Waals surface area contributed by atoms with Crippen LogP contribution in [0.3, 0.4) is 0 Å². The van der Waals surface area contributed by atoms with Crippen molar-refractivity contribution in [1.82, 2.24) is 9.21 Å². The summed E-state index contributed by atoms with van der Waals surface area (Å²) in [5, 5.41) is 3.53. The normalized spacial score (nSPS) is 20.9. The van der Waals surface area contributed by atoms with E-state index in [0.29, 0.717) is 38.8 Å². The van der Waals surface area contributed by atoms with Crippen LogP contribution in [0.1, 0.15) is 63.4 Å². The number of para-hydroxylation sites is 1. The van der Waals surface area contributed by atoms with E-state index in [1.807, 2.05) is 35.2 Å². The molecule has 1 heterocycles. The van der Waals surface area contributed by atoms with Crippen LogP contribution < -0.4 is 5.32 Å². The largest absolute Gasteiger partial charge is 0.416 e. The third kappa shape index (κ3) is 5.57. The van der Waals surface area contributed by atoms with Crippen molar-refractivity contribution in [2.75, 3.05) is 18.4 Å². The van der Waals surface area contributed by atoms with Crippen LogP contribution in [0.5, 0.6) is 0 Å². The van der Waals surface area contributed by atoms with Crippen molar-refractivity contribution >= 4 is 21.6 Å². The predicted molar refractivity (Wildman–Crippen MR) is 139 cm³/mol. The molecule has 0 aromatic heterocycles. The molecule has 1 amide bonds. The van der Waals surface area contributed by atoms with E-state index < -0.39 is 27.3 Å². The van der Waals surface area contributed by atoms with Crippen molar-refractivity contribution < 1.29 is 26.4 Å². The van der Waals surface area contributed by atoms with E-state index in [9.17, 15) is 26.4 Å². The molecule has 1 aliphatic heterocycles. The molecule has 0 bridgehead atoms. The summed E-state index contributed by atoms with van der Waals surface area (Å²) in [6.45, 7) is 0.839. The van der Waals surface area contributed by atoms with Crippen LogP contribution in [-0.4, -0.2) is 54.2 Å². The molecule has 0 unspecified atom stereocenters. The Balaban J connectivity index is 1.32. The van der Waals surface area contributed by atoms with Crippen molar-refractivity contribution in [3.8, 4) is 0 Å². The number of amides is 1. The molecule has 3 aliphatic rings. The second-order valence-corrected chi connectivity index (χ2v) is 12.6. The highest BCUT2D eigenvalue weighted by molar-refractivity contribution is 7.89. The van der Waals surface area contributed by atoms with Crippen LogP contribution in [0.15, 0.2) is 59.5 Å². The predicted octanol–water partition coefficient (Wildman–Crippen LogP) is 5.66. The zero-order valence-electron chi connectivity index (χ0n) is 21.3. The van der Waals surface area contributed by atoms with E-state index in [1.165, 1.54) is 10.4 Å². The Morgan fingerprint density at radius 3 is 2.13 bits per heavy atom. The van der Waals surface area contributed by atoms with Gasteiger partial charge in [0.1, 0.15) is 5.54 Å². The lowest BCUT2D eigenvalue weighted by Gasteiger charge is -2.44. The van der Waals surface area contributed by atoms with Crippen LogP contribution >= 0.6 is 0 Å². The molecule has 38 heavy (non-hydrogen) atoms. The second kappa shape index (κ2) is 10.5. The second-order valence-electron chi connectivity index (χ2n) is 10.7. The average Bonchev–Trinajstić information content (AvgIpc) is 3.74. The number of nitrogens with zero attached hydrogens (tertiary/aromatic N) is 2. The average molecular weight is 550 g/mol. The molecule has 10 heteroatoms. The summed E-state index contributed by atoms with van der Waals surface area (Å²) < 4.78 is 68.4. The van der Waals surface area contributed by atoms with E-state index in [2.05, 4.69) is 5.32 Å². The van der Waals surface area contributed by atoms with Gasteiger partial charge in [0.2, 0.25) is 15.9 Å². The van der Waals surface area contributed by atoms with Crippen LogP contribution in [0, 0.1) is 0 Å². The summed E-state index contributed by atoms with van der Waals surface area (Å²) in [5.41, 5.74) is -0.740. The van der Waals surface area contributed by atoms with E-state index in [4.69, 9.17) is 0 Å². The summed E-state index contributed by atoms with van der Waals surface area (Å²) in [7, 11) is -4.11. The Morgan fingerprint density at radius 1 is 0.895 bits per heavy atom. The van der Waals surface area contributed by atoms with E-state index >= 15 is 0 Å². The van der Waals surface area contributed by atoms with Gasteiger partial charge in [0.25, 0.3) is 0 Å². The number of nitrogens with one attached hydrogen (secondary N) is 1. The Bertz CT molecular complexity index is 1230. The molecule has 5 rings (SSSR count). The summed E-state index contributed by atoms with van der Waals surface area (Å²) in [4.78, 5) is 15.4. The van der Waals surface area contributed by atoms with Gasteiger partial charge in [-0.3, -0.25) is 4.79 Å². The molecule has 206 valence electrons. The zero-order chi connectivity index (χ0) is 27.0. The van der Waals surface area contributed by atoms with E-state index in [1.54, 1.807) is 0 Å². The maximum atomic E-state index is 13.9. The van der Waals surface area contributed by atoms with Crippen molar-refractivity contribution in [3.05, 3.63) is 60.2 Å². The number of alkyl halides is 3. The minimum atomic E-state index is -4.62. The molecule has 2 aromatic carbocycles. The SMILES string of the molecule is O=C(N1CCC(N(C2CC2)S(=O)(=O)c2cccc(C(F)(F)F)c2)CC1)C1(Nc2ccccc2)CCCCC1. The fourth-order valence-electron chi connectivity index (χ4n) is 5.95. The first-order valence-electron chi connectivity index (χ1n) is 13.4. The van der Waals surface area contributed by atoms with Gasteiger partial charge in [0.15, 0.2) is 0 Å². The first-order valence-corrected chi connectivity index (χ1v) is 14.9. The highest BCUT2D eigenvalue weighted by atomic mass is 32.2. The third-order valence-electron chi connectivity index (χ3n) is 8.03. The first kappa shape index (κ1) is 27.0. The third-order valence-corrected chi connectivity index (χ3v) is 10.0. The number of carbonyl (C=O) groups is 1. The van der Waals surface area contributed by atoms with Crippen molar-refractivity contribution in [2.45, 2.75) is 86.5 Å². The maximum Gasteiger partial charge on any atom is 0.416 e. The summed E-state index contributed by atoms with van der Waals surface area (Å²) in [5.74, 6) is 0.0539. The number of halogens is 3. The molecule has 2 aliphatic carbocycles. The zero-order valence-corrected chi connectivity index (χ0v) is 22.1. The Hall–Kier alpha value is -2.59. The smallest absolute Gasteiger partial charge is 0.371 e. The van der Waals surface area contributed by atoms with Crippen molar-refractivity contribution in [2.24, 2.45) is 0 Å². The standard InChI is InChI=1S/C28H34F3N3O3S/c29-28(30,31)21-8-7-11-25(20-21)38(36,37)34(23-12-13-23)24-14-18-33(19-15-24)26(35)27(16-5-2-6-17-27)32-22-9-3-1-4-10-22/h1,3-4,7-11,20,23-24,32H,2,5-6,12-19H2. The Labute approximate surface area is 222 Å². The molecule has 1 saturated heterocycles. The van der Waals surface area contributed by atoms with Gasteiger partial charge < -0.3 is 10.2 Å². The molecule has 0 radical (unpaired) electrons. The lowest BCUT2D eigenvalue weighted by molar-refractivity contribution is -0.139. The Morgan fingerprint density at radius 2 is 1.53 bits per heavy atom. The fourth-order valence-corrected chi connectivity index (χ4v) is 7.92. The molecule has 0 spiro atoms. The topological polar surface area (TPSA) is 69.7 Å². The van der Waals surface area contributed by atoms with Crippen molar-refractivity contribution in [1.29, 1.82) is 0 Å². The van der Waals surface area contributed by atoms with Gasteiger partial charge in [0.05, 0.1) is 10.5 Å². The monoisotopic (exact) mass is 549 g/mol. The first-order chi connectivity index (χ1) is 18.1. The minimum absolute atomic E-state index is 0.0539. The molecule has 3 fully saturated rings. The van der Waals surface area contributed by atoms with Crippen LogP contribution in [-0.2, 0) is 21.0 Å². The number of benzene rings is 2. The molecule has 2 aromatic rings. The number of carbonyl (C=O) groups excluding carboxylic acids is 1. The van der Waals surface area contributed by atoms with Gasteiger partial charge >= 0.3 is 6.18 Å². The lowest BCUT2D eigenvalue weighted by atomic mass is 9.79. The number of likely N-dealkylation sites (tertiary alicyclic amines) is 1. The molecule has 2 saturated carbocycles. The molecule has 0 atom stereocenters. The number of rotatable bonds is 7. The molecular weight excluding hydrogens is 515 g/mol. The minimum Gasteiger partial charge on any atom is -0.371 e. The van der Waals surface area contributed by atoms with E-state index in [-0.39, 0.29) is 22.9 Å². The molecular formula is C28H34F3N3O3S. The number of piperidine rings is 1. The van der Waals surface area contributed by atoms with Crippen molar-refractivity contribution in [3.63, 3.8) is 0 Å². The quantitative estimate of drug-likeness (QED) is 0.484. The summed E-state index contributed by atoms with van der Waals surface area (Å²) in [6, 6.07) is 13.2. The number of anilines is 1. The number of hydrogen-bond acceptors (Lipinski definition) is 4. The molecule has 1 N–H and O–H groups in total. The van der Waals surface area contributed by atoms with E-state index in [0.717, 1.165) is 56.0 Å². The molecule has 6 nitrogen and oxygen atoms in total. The Kier molecular flexibility index (Phi) is 7.48. The summed E-state index contributed by atoms with van der Waals surface area (Å²) >= 11 is 0. The van der Waals surface area contributed by atoms with Crippen LogP contribution in [0.25, 0.3) is 0 Å². The summed E-state index contributed by atoms with van der Waals surface area (Å²) in [6.07, 6.45) is 2.21. The van der Waals surface area contributed by atoms with Gasteiger partial charge in [-0.15, -0.1) is 0 Å². The van der Waals surface area contributed by atoms with Gasteiger partial charge in [-0.2, -0.15) is 17.5 Å². The van der Waals surface area contributed by atoms with Gasteiger partial charge in [-0.25, -0.2) is 8.42 Å². The van der Waals surface area contributed by atoms with Gasteiger partial charge in [0, 0.05) is 30.9 Å². The van der Waals surface area contributed by atoms with Crippen LogP contribution in [0.2, 0.25) is 0 Å². The van der Waals surface area contributed by atoms with Gasteiger partial charge in [-0.05, 0) is 68.9 Å². The lowest BCUT2D eigenvalue weighted by Crippen LogP contribution is -2.58. The fraction of sp³-hybridized carbons (Fsp3) is 0.536. The maximum absolute atomic E-state index is 13.9. The highest BCUT2D eigenvalue weighted by Crippen LogP contribution is 2.39. The highest BCUT2D eigenvalue weighted by Gasteiger charge is 2.47. The van der Waals surface area contributed by atoms with Gasteiger partial charge in [-0.1, -0.05) is 43.5 Å². The number of sulfonamides is 1.